The first kappa shape index (κ1) is 28.0. The largest absolute Gasteiger partial charge is 0.534 e. The van der Waals surface area contributed by atoms with Crippen LogP contribution in [0.4, 0.5) is 24.5 Å². The molecule has 2 aromatic rings. The normalized spacial score (nSPS) is 21.2. The summed E-state index contributed by atoms with van der Waals surface area (Å²) in [6.07, 6.45) is 4.75. The average molecular weight is 554 g/mol. The Morgan fingerprint density at radius 2 is 1.83 bits per heavy atom. The molecule has 0 spiro atoms. The molecule has 6 nitrogen and oxygen atoms in total. The maximum atomic E-state index is 13.0. The van der Waals surface area contributed by atoms with Gasteiger partial charge in [0.2, 0.25) is 0 Å². The van der Waals surface area contributed by atoms with Gasteiger partial charge in [0.15, 0.2) is 5.75 Å². The summed E-state index contributed by atoms with van der Waals surface area (Å²) in [7, 11) is -9.46. The van der Waals surface area contributed by atoms with Gasteiger partial charge in [-0.2, -0.15) is 32.2 Å². The second-order valence-corrected chi connectivity index (χ2v) is 13.1. The van der Waals surface area contributed by atoms with Crippen LogP contribution in [-0.4, -0.2) is 41.6 Å². The van der Waals surface area contributed by atoms with Crippen molar-refractivity contribution >= 4 is 43.8 Å². The molecule has 1 aliphatic rings. The summed E-state index contributed by atoms with van der Waals surface area (Å²) in [6.45, 7) is 4.50. The van der Waals surface area contributed by atoms with Crippen LogP contribution in [0.15, 0.2) is 52.3 Å². The molecule has 0 amide bonds. The quantitative estimate of drug-likeness (QED) is 0.199. The van der Waals surface area contributed by atoms with Crippen LogP contribution in [0.1, 0.15) is 39.5 Å². The van der Waals surface area contributed by atoms with Crippen molar-refractivity contribution in [1.82, 2.24) is 0 Å². The fraction of sp³-hybridized carbons (Fsp3) is 0.478. The number of hydrogen-bond acceptors (Lipinski definition) is 7. The lowest BCUT2D eigenvalue weighted by Crippen LogP contribution is -2.37. The van der Waals surface area contributed by atoms with E-state index in [-0.39, 0.29) is 15.5 Å². The van der Waals surface area contributed by atoms with Gasteiger partial charge in [-0.1, -0.05) is 44.9 Å². The van der Waals surface area contributed by atoms with Crippen LogP contribution >= 0.6 is 22.4 Å². The number of alkyl halides is 3. The molecule has 0 saturated heterocycles. The maximum Gasteiger partial charge on any atom is 0.534 e. The van der Waals surface area contributed by atoms with Gasteiger partial charge in [0.25, 0.3) is 0 Å². The number of halogens is 3. The van der Waals surface area contributed by atoms with Crippen molar-refractivity contribution in [2.45, 2.75) is 54.8 Å². The summed E-state index contributed by atoms with van der Waals surface area (Å²) in [5.41, 5.74) is -4.92. The number of nitrogens with zero attached hydrogens (tertiary/aromatic N) is 1. The smallest absolute Gasteiger partial charge is 0.375 e. The van der Waals surface area contributed by atoms with Gasteiger partial charge in [-0.3, -0.25) is 9.11 Å². The molecule has 1 aliphatic heterocycles. The minimum Gasteiger partial charge on any atom is -0.375 e. The van der Waals surface area contributed by atoms with Crippen molar-refractivity contribution in [2.75, 3.05) is 23.5 Å². The molecule has 1 heterocycles. The van der Waals surface area contributed by atoms with Crippen molar-refractivity contribution in [2.24, 2.45) is 5.41 Å². The highest BCUT2D eigenvalue weighted by Gasteiger charge is 2.49. The van der Waals surface area contributed by atoms with Crippen molar-refractivity contribution in [3.05, 3.63) is 42.5 Å². The van der Waals surface area contributed by atoms with Gasteiger partial charge in [-0.05, 0) is 37.3 Å². The lowest BCUT2D eigenvalue weighted by Gasteiger charge is -2.41. The highest BCUT2D eigenvalue weighted by Crippen LogP contribution is 2.62. The third-order valence-electron chi connectivity index (χ3n) is 6.25. The predicted molar refractivity (Wildman–Crippen MR) is 136 cm³/mol. The van der Waals surface area contributed by atoms with Crippen LogP contribution in [0.25, 0.3) is 0 Å². The third-order valence-corrected chi connectivity index (χ3v) is 10.0. The molecule has 0 bridgehead atoms. The summed E-state index contributed by atoms with van der Waals surface area (Å²) < 4.78 is 89.8. The van der Waals surface area contributed by atoms with Gasteiger partial charge < -0.3 is 9.08 Å². The van der Waals surface area contributed by atoms with Gasteiger partial charge >= 0.3 is 15.6 Å². The van der Waals surface area contributed by atoms with E-state index >= 15 is 0 Å². The molecular weight excluding hydrogens is 523 g/mol. The highest BCUT2D eigenvalue weighted by molar-refractivity contribution is 8.24. The fourth-order valence-electron chi connectivity index (χ4n) is 4.30. The number of hydrogen-bond donors (Lipinski definition) is 2. The van der Waals surface area contributed by atoms with E-state index in [0.29, 0.717) is 18.7 Å². The van der Waals surface area contributed by atoms with E-state index in [1.807, 2.05) is 42.2 Å². The number of rotatable bonds is 8. The Kier molecular flexibility index (Phi) is 8.32. The van der Waals surface area contributed by atoms with Gasteiger partial charge in [0, 0.05) is 29.5 Å². The summed E-state index contributed by atoms with van der Waals surface area (Å²) in [4.78, 5) is 2.04. The first-order valence-electron chi connectivity index (χ1n) is 11.1. The fourth-order valence-corrected chi connectivity index (χ4v) is 7.60. The molecule has 2 aromatic carbocycles. The summed E-state index contributed by atoms with van der Waals surface area (Å²) >= 11 is 1.01. The van der Waals surface area contributed by atoms with E-state index < -0.39 is 37.4 Å². The molecule has 0 radical (unpaired) electrons. The predicted octanol–water partition coefficient (Wildman–Crippen LogP) is 7.48. The van der Waals surface area contributed by atoms with Crippen molar-refractivity contribution < 1.29 is 34.9 Å². The van der Waals surface area contributed by atoms with E-state index in [2.05, 4.69) is 11.1 Å². The molecular formula is C23H30F3NO5S3. The van der Waals surface area contributed by atoms with Crippen LogP contribution < -0.4 is 9.08 Å². The molecule has 196 valence electrons. The minimum absolute atomic E-state index is 0.0108. The summed E-state index contributed by atoms with van der Waals surface area (Å²) in [5.74, 6) is -0.573. The maximum absolute atomic E-state index is 13.0. The van der Waals surface area contributed by atoms with Crippen LogP contribution in [0.5, 0.6) is 5.75 Å². The molecule has 2 N–H and O–H groups in total. The van der Waals surface area contributed by atoms with Crippen LogP contribution in [0.3, 0.4) is 0 Å². The molecule has 0 aromatic heterocycles. The van der Waals surface area contributed by atoms with Crippen molar-refractivity contribution in [3.8, 4) is 5.75 Å². The van der Waals surface area contributed by atoms with Gasteiger partial charge in [0.1, 0.15) is 0 Å². The van der Waals surface area contributed by atoms with Crippen LogP contribution in [0, 0.1) is 5.41 Å². The van der Waals surface area contributed by atoms with Gasteiger partial charge in [0.05, 0.1) is 15.5 Å². The van der Waals surface area contributed by atoms with E-state index in [1.165, 1.54) is 6.07 Å². The van der Waals surface area contributed by atoms with Crippen molar-refractivity contribution in [3.63, 3.8) is 0 Å². The Morgan fingerprint density at radius 1 is 1.17 bits per heavy atom. The van der Waals surface area contributed by atoms with Gasteiger partial charge in [-0.25, -0.2) is 0 Å². The second kappa shape index (κ2) is 10.4. The Morgan fingerprint density at radius 3 is 2.37 bits per heavy atom. The molecule has 0 saturated carbocycles. The molecule has 1 unspecified atom stereocenters. The molecule has 3 rings (SSSR count). The molecule has 1 atom stereocenters. The monoisotopic (exact) mass is 553 g/mol. The number of benzene rings is 2. The van der Waals surface area contributed by atoms with Gasteiger partial charge in [-0.15, -0.1) is 11.8 Å². The first-order chi connectivity index (χ1) is 16.3. The Bertz CT molecular complexity index is 1140. The molecule has 35 heavy (non-hydrogen) atoms. The third kappa shape index (κ3) is 5.87. The molecule has 0 fully saturated rings. The van der Waals surface area contributed by atoms with E-state index in [4.69, 9.17) is 0 Å². The zero-order valence-electron chi connectivity index (χ0n) is 19.7. The number of unbranched alkanes of at least 4 members (excludes halogenated alkanes) is 1. The SMILES string of the molecule is CCCCC1(CC)CN(c2ccccc2)c2cc(SC)c(OS(=O)(=O)C(F)(F)F)cc2S(O)(O)C1. The number of para-hydroxylation sites is 1. The Labute approximate surface area is 210 Å². The van der Waals surface area contributed by atoms with E-state index in [1.54, 1.807) is 6.26 Å². The lowest BCUT2D eigenvalue weighted by atomic mass is 9.81. The minimum atomic E-state index is -5.94. The van der Waals surface area contributed by atoms with E-state index in [9.17, 15) is 30.7 Å². The lowest BCUT2D eigenvalue weighted by molar-refractivity contribution is -0.0500. The number of anilines is 2. The number of fused-ring (bicyclic) bond motifs is 1. The standard InChI is InChI=1S/C23H30F3NO5S3/c1-4-6-12-22(5-2)15-27(17-10-8-7-9-11-17)18-13-20(33-3)19(14-21(18)34(28,29)16-22)32-35(30,31)23(24,25)26/h7-11,13-14,28-29H,4-6,12,15-16H2,1-3H3. The Hall–Kier alpha value is -1.60. The zero-order valence-corrected chi connectivity index (χ0v) is 22.2. The first-order valence-corrected chi connectivity index (χ1v) is 15.5. The molecule has 12 heteroatoms. The topological polar surface area (TPSA) is 87.1 Å². The van der Waals surface area contributed by atoms with Crippen LogP contribution in [-0.2, 0) is 10.1 Å². The average Bonchev–Trinajstić information content (AvgIpc) is 2.89. The molecule has 0 aliphatic carbocycles. The van der Waals surface area contributed by atoms with Crippen LogP contribution in [0.2, 0.25) is 0 Å². The van der Waals surface area contributed by atoms with E-state index in [0.717, 1.165) is 42.8 Å². The zero-order chi connectivity index (χ0) is 26.1. The second-order valence-electron chi connectivity index (χ2n) is 8.64. The summed E-state index contributed by atoms with van der Waals surface area (Å²) in [6, 6.07) is 11.8. The van der Waals surface area contributed by atoms with Crippen molar-refractivity contribution in [1.29, 1.82) is 0 Å². The Balaban J connectivity index is 2.26. The highest BCUT2D eigenvalue weighted by atomic mass is 32.3. The number of thioether (sulfide) groups is 1. The summed E-state index contributed by atoms with van der Waals surface area (Å²) in [5, 5.41) is 0.